The molecule has 0 bridgehead atoms. The Hall–Kier alpha value is -2.24. The summed E-state index contributed by atoms with van der Waals surface area (Å²) in [6.07, 6.45) is 2.66. The fourth-order valence-electron chi connectivity index (χ4n) is 1.53. The van der Waals surface area contributed by atoms with Gasteiger partial charge in [-0.2, -0.15) is 5.10 Å². The minimum absolute atomic E-state index is 0.248. The summed E-state index contributed by atoms with van der Waals surface area (Å²) in [5.74, 6) is -1.23. The molecule has 1 N–H and O–H groups in total. The number of aromatic nitrogens is 3. The number of carboxylic acid groups (broad SMARTS) is 1. The predicted molar refractivity (Wildman–Crippen MR) is 56.4 cm³/mol. The highest BCUT2D eigenvalue weighted by Gasteiger charge is 2.14. The van der Waals surface area contributed by atoms with Gasteiger partial charge in [-0.3, -0.25) is 4.79 Å². The molecule has 0 amide bonds. The molecule has 0 aromatic carbocycles. The topological polar surface area (TPSA) is 85.1 Å². The molecule has 0 aliphatic carbocycles. The van der Waals surface area contributed by atoms with E-state index in [1.807, 2.05) is 6.92 Å². The van der Waals surface area contributed by atoms with E-state index in [9.17, 15) is 9.59 Å². The van der Waals surface area contributed by atoms with Crippen LogP contribution in [0.3, 0.4) is 0 Å². The molecular formula is C10H9N3O3. The molecule has 0 atom stereocenters. The van der Waals surface area contributed by atoms with Crippen molar-refractivity contribution in [3.8, 4) is 0 Å². The van der Waals surface area contributed by atoms with E-state index in [1.165, 1.54) is 18.5 Å². The molecule has 0 spiro atoms. The van der Waals surface area contributed by atoms with E-state index in [2.05, 4.69) is 10.2 Å². The Bertz CT molecular complexity index is 618. The zero-order valence-electron chi connectivity index (χ0n) is 8.54. The first kappa shape index (κ1) is 10.3. The standard InChI is InChI=1S/C10H9N3O3/c1-2-13-5-7(10(15)16)8(14)6-3-4-11-12-9(6)13/h3-5H,2H2,1H3,(H,15,16). The number of rotatable bonds is 2. The van der Waals surface area contributed by atoms with E-state index in [0.717, 1.165) is 0 Å². The lowest BCUT2D eigenvalue weighted by Crippen LogP contribution is -2.19. The van der Waals surface area contributed by atoms with Crippen LogP contribution in [0.25, 0.3) is 11.0 Å². The third-order valence-corrected chi connectivity index (χ3v) is 2.32. The van der Waals surface area contributed by atoms with Gasteiger partial charge in [-0.25, -0.2) is 4.79 Å². The minimum Gasteiger partial charge on any atom is -0.477 e. The van der Waals surface area contributed by atoms with E-state index >= 15 is 0 Å². The second-order valence-corrected chi connectivity index (χ2v) is 3.23. The Morgan fingerprint density at radius 1 is 1.56 bits per heavy atom. The number of carboxylic acids is 1. The monoisotopic (exact) mass is 219 g/mol. The number of pyridine rings is 1. The third kappa shape index (κ3) is 1.44. The summed E-state index contributed by atoms with van der Waals surface area (Å²) in [5.41, 5.74) is -0.371. The van der Waals surface area contributed by atoms with Crippen molar-refractivity contribution in [1.82, 2.24) is 14.8 Å². The molecule has 0 saturated heterocycles. The van der Waals surface area contributed by atoms with Crippen LogP contribution in [-0.2, 0) is 6.54 Å². The van der Waals surface area contributed by atoms with Crippen LogP contribution in [0.1, 0.15) is 17.3 Å². The average molecular weight is 219 g/mol. The summed E-state index contributed by atoms with van der Waals surface area (Å²) in [5, 5.41) is 16.7. The molecule has 2 heterocycles. The van der Waals surface area contributed by atoms with E-state index in [4.69, 9.17) is 5.11 Å². The van der Waals surface area contributed by atoms with Gasteiger partial charge in [-0.05, 0) is 13.0 Å². The van der Waals surface area contributed by atoms with Crippen molar-refractivity contribution in [2.75, 3.05) is 0 Å². The minimum atomic E-state index is -1.23. The highest BCUT2D eigenvalue weighted by molar-refractivity contribution is 5.91. The fraction of sp³-hybridized carbons (Fsp3) is 0.200. The first-order valence-corrected chi connectivity index (χ1v) is 4.73. The number of fused-ring (bicyclic) bond motifs is 1. The molecule has 0 aliphatic rings. The zero-order chi connectivity index (χ0) is 11.7. The Kier molecular flexibility index (Phi) is 2.40. The van der Waals surface area contributed by atoms with Crippen molar-refractivity contribution in [2.24, 2.45) is 0 Å². The normalized spacial score (nSPS) is 10.6. The van der Waals surface area contributed by atoms with Crippen molar-refractivity contribution < 1.29 is 9.90 Å². The van der Waals surface area contributed by atoms with Gasteiger partial charge in [0.1, 0.15) is 5.56 Å². The summed E-state index contributed by atoms with van der Waals surface area (Å²) in [4.78, 5) is 22.7. The Balaban J connectivity index is 2.94. The number of hydrogen-bond acceptors (Lipinski definition) is 4. The molecule has 2 aromatic heterocycles. The molecule has 82 valence electrons. The van der Waals surface area contributed by atoms with E-state index in [0.29, 0.717) is 12.2 Å². The van der Waals surface area contributed by atoms with Crippen LogP contribution in [0.2, 0.25) is 0 Å². The molecule has 0 saturated carbocycles. The van der Waals surface area contributed by atoms with Crippen molar-refractivity contribution in [3.63, 3.8) is 0 Å². The van der Waals surface area contributed by atoms with Crippen molar-refractivity contribution >= 4 is 17.0 Å². The van der Waals surface area contributed by atoms with E-state index in [-0.39, 0.29) is 10.9 Å². The second kappa shape index (κ2) is 3.73. The van der Waals surface area contributed by atoms with Gasteiger partial charge in [0.25, 0.3) is 0 Å². The van der Waals surface area contributed by atoms with Crippen LogP contribution in [0.5, 0.6) is 0 Å². The molecule has 16 heavy (non-hydrogen) atoms. The maximum atomic E-state index is 11.8. The smallest absolute Gasteiger partial charge is 0.341 e. The second-order valence-electron chi connectivity index (χ2n) is 3.23. The van der Waals surface area contributed by atoms with Gasteiger partial charge in [0, 0.05) is 12.7 Å². The average Bonchev–Trinajstić information content (AvgIpc) is 2.29. The summed E-state index contributed by atoms with van der Waals surface area (Å²) in [7, 11) is 0. The maximum absolute atomic E-state index is 11.8. The largest absolute Gasteiger partial charge is 0.477 e. The summed E-state index contributed by atoms with van der Waals surface area (Å²) in [6.45, 7) is 2.36. The van der Waals surface area contributed by atoms with Crippen LogP contribution in [0.15, 0.2) is 23.3 Å². The van der Waals surface area contributed by atoms with Gasteiger partial charge in [0.2, 0.25) is 5.43 Å². The molecule has 2 aromatic rings. The molecule has 0 fully saturated rings. The van der Waals surface area contributed by atoms with Crippen molar-refractivity contribution in [1.29, 1.82) is 0 Å². The Morgan fingerprint density at radius 2 is 2.31 bits per heavy atom. The van der Waals surface area contributed by atoms with Crippen LogP contribution in [0.4, 0.5) is 0 Å². The van der Waals surface area contributed by atoms with Crippen LogP contribution in [-0.4, -0.2) is 25.8 Å². The first-order chi connectivity index (χ1) is 7.65. The summed E-state index contributed by atoms with van der Waals surface area (Å²) < 4.78 is 1.59. The highest BCUT2D eigenvalue weighted by Crippen LogP contribution is 2.07. The molecule has 0 aliphatic heterocycles. The lowest BCUT2D eigenvalue weighted by atomic mass is 10.2. The lowest BCUT2D eigenvalue weighted by Gasteiger charge is -2.07. The molecule has 0 unspecified atom stereocenters. The number of nitrogens with zero attached hydrogens (tertiary/aromatic N) is 3. The summed E-state index contributed by atoms with van der Waals surface area (Å²) in [6, 6.07) is 1.48. The highest BCUT2D eigenvalue weighted by atomic mass is 16.4. The molecule has 6 nitrogen and oxygen atoms in total. The SMILES string of the molecule is CCn1cc(C(=O)O)c(=O)c2ccnnc21. The number of carbonyl (C=O) groups is 1. The zero-order valence-corrected chi connectivity index (χ0v) is 8.54. The summed E-state index contributed by atoms with van der Waals surface area (Å²) >= 11 is 0. The van der Waals surface area contributed by atoms with Gasteiger partial charge >= 0.3 is 5.97 Å². The Morgan fingerprint density at radius 3 is 2.94 bits per heavy atom. The lowest BCUT2D eigenvalue weighted by molar-refractivity contribution is 0.0695. The number of aryl methyl sites for hydroxylation is 1. The molecule has 6 heteroatoms. The van der Waals surface area contributed by atoms with Crippen LogP contribution in [0, 0.1) is 0 Å². The van der Waals surface area contributed by atoms with E-state index < -0.39 is 11.4 Å². The molecular weight excluding hydrogens is 210 g/mol. The van der Waals surface area contributed by atoms with Gasteiger partial charge in [-0.1, -0.05) is 0 Å². The number of hydrogen-bond donors (Lipinski definition) is 1. The van der Waals surface area contributed by atoms with Crippen molar-refractivity contribution in [3.05, 3.63) is 34.2 Å². The Labute approximate surface area is 90.2 Å². The number of aromatic carboxylic acids is 1. The molecule has 0 radical (unpaired) electrons. The van der Waals surface area contributed by atoms with Gasteiger partial charge in [-0.15, -0.1) is 5.10 Å². The fourth-order valence-corrected chi connectivity index (χ4v) is 1.53. The van der Waals surface area contributed by atoms with Crippen molar-refractivity contribution in [2.45, 2.75) is 13.5 Å². The third-order valence-electron chi connectivity index (χ3n) is 2.32. The van der Waals surface area contributed by atoms with Gasteiger partial charge in [0.15, 0.2) is 5.65 Å². The molecule has 2 rings (SSSR count). The predicted octanol–water partition coefficient (Wildman–Crippen LogP) is 0.510. The van der Waals surface area contributed by atoms with Gasteiger partial charge < -0.3 is 9.67 Å². The van der Waals surface area contributed by atoms with Crippen LogP contribution >= 0.6 is 0 Å². The van der Waals surface area contributed by atoms with Crippen LogP contribution < -0.4 is 5.43 Å². The quantitative estimate of drug-likeness (QED) is 0.795. The first-order valence-electron chi connectivity index (χ1n) is 4.73. The maximum Gasteiger partial charge on any atom is 0.341 e. The van der Waals surface area contributed by atoms with Gasteiger partial charge in [0.05, 0.1) is 11.6 Å². The van der Waals surface area contributed by atoms with E-state index in [1.54, 1.807) is 4.57 Å².